The van der Waals surface area contributed by atoms with Gasteiger partial charge in [-0.25, -0.2) is 9.97 Å². The highest BCUT2D eigenvalue weighted by Gasteiger charge is 2.22. The fraction of sp³-hybridized carbons (Fsp3) is 0.500. The summed E-state index contributed by atoms with van der Waals surface area (Å²) in [5.74, 6) is -0.0987. The molecule has 9 heteroatoms. The molecule has 0 spiro atoms. The maximum absolute atomic E-state index is 12.2. The van der Waals surface area contributed by atoms with Gasteiger partial charge in [0.05, 0.1) is 18.2 Å². The van der Waals surface area contributed by atoms with Crippen LogP contribution in [0.3, 0.4) is 0 Å². The van der Waals surface area contributed by atoms with E-state index in [0.29, 0.717) is 12.4 Å². The lowest BCUT2D eigenvalue weighted by Crippen LogP contribution is -2.38. The molecule has 0 bridgehead atoms. The lowest BCUT2D eigenvalue weighted by Gasteiger charge is -2.20. The van der Waals surface area contributed by atoms with E-state index >= 15 is 0 Å². The zero-order chi connectivity index (χ0) is 20.1. The minimum absolute atomic E-state index is 0.0550. The number of nitrogens with zero attached hydrogens (tertiary/aromatic N) is 4. The van der Waals surface area contributed by atoms with Crippen LogP contribution in [0.2, 0.25) is 0 Å². The number of hydrogen-bond donors (Lipinski definition) is 0. The average molecular weight is 407 g/mol. The summed E-state index contributed by atoms with van der Waals surface area (Å²) in [5, 5.41) is 10.3. The predicted molar refractivity (Wildman–Crippen MR) is 106 cm³/mol. The molecule has 0 saturated carbocycles. The number of fused-ring (bicyclic) bond motifs is 1. The number of esters is 1. The Balaban J connectivity index is 2.01. The molecule has 0 aliphatic rings. The van der Waals surface area contributed by atoms with Crippen LogP contribution >= 0.6 is 23.1 Å². The van der Waals surface area contributed by atoms with E-state index in [-0.39, 0.29) is 18.1 Å². The SMILES string of the molecule is Cc1nc(SCC(=O)O[C@H](C)C(=O)N(C)CCC#N)c2c(C)c(C)sc2n1. The fourth-order valence-electron chi connectivity index (χ4n) is 2.47. The van der Waals surface area contributed by atoms with Gasteiger partial charge in [0.2, 0.25) is 0 Å². The second kappa shape index (κ2) is 9.15. The van der Waals surface area contributed by atoms with Crippen LogP contribution in [-0.4, -0.2) is 52.2 Å². The number of thiophene rings is 1. The lowest BCUT2D eigenvalue weighted by atomic mass is 10.2. The number of ether oxygens (including phenoxy) is 1. The summed E-state index contributed by atoms with van der Waals surface area (Å²) in [5.41, 5.74) is 1.12. The number of nitriles is 1. The Labute approximate surface area is 166 Å². The minimum Gasteiger partial charge on any atom is -0.452 e. The van der Waals surface area contributed by atoms with E-state index in [1.54, 1.807) is 18.4 Å². The third kappa shape index (κ3) is 5.17. The van der Waals surface area contributed by atoms with Crippen molar-refractivity contribution in [3.8, 4) is 6.07 Å². The standard InChI is InChI=1S/C18H22N4O3S2/c1-10-12(3)27-17-15(10)16(20-13(4)21-17)26-9-14(23)25-11(2)18(24)22(5)8-6-7-19/h11H,6,8-9H2,1-5H3/t11-/m1/s1. The highest BCUT2D eigenvalue weighted by Crippen LogP contribution is 2.35. The van der Waals surface area contributed by atoms with Crippen molar-refractivity contribution < 1.29 is 14.3 Å². The van der Waals surface area contributed by atoms with Crippen molar-refractivity contribution in [3.05, 3.63) is 16.3 Å². The van der Waals surface area contributed by atoms with Crippen molar-refractivity contribution in [2.45, 2.75) is 45.2 Å². The predicted octanol–water partition coefficient (Wildman–Crippen LogP) is 3.01. The molecule has 144 valence electrons. The molecule has 0 saturated heterocycles. The zero-order valence-electron chi connectivity index (χ0n) is 16.0. The molecule has 0 aliphatic carbocycles. The molecule has 2 rings (SSSR count). The Kier molecular flexibility index (Phi) is 7.16. The monoisotopic (exact) mass is 406 g/mol. The molecule has 1 atom stereocenters. The van der Waals surface area contributed by atoms with Gasteiger partial charge >= 0.3 is 5.97 Å². The molecule has 0 unspecified atom stereocenters. The van der Waals surface area contributed by atoms with Crippen LogP contribution in [-0.2, 0) is 14.3 Å². The Bertz CT molecular complexity index is 904. The number of aromatic nitrogens is 2. The van der Waals surface area contributed by atoms with Gasteiger partial charge in [-0.1, -0.05) is 11.8 Å². The maximum atomic E-state index is 12.2. The second-order valence-corrected chi connectivity index (χ2v) is 8.30. The summed E-state index contributed by atoms with van der Waals surface area (Å²) < 4.78 is 5.24. The number of carbonyl (C=O) groups excluding carboxylic acids is 2. The van der Waals surface area contributed by atoms with Gasteiger partial charge < -0.3 is 9.64 Å². The summed E-state index contributed by atoms with van der Waals surface area (Å²) in [6.45, 7) is 7.72. The van der Waals surface area contributed by atoms with E-state index in [0.717, 1.165) is 20.8 Å². The Morgan fingerprint density at radius 3 is 2.70 bits per heavy atom. The van der Waals surface area contributed by atoms with Crippen LogP contribution in [0.4, 0.5) is 0 Å². The third-order valence-corrected chi connectivity index (χ3v) is 6.08. The van der Waals surface area contributed by atoms with Crippen LogP contribution < -0.4 is 0 Å². The van der Waals surface area contributed by atoms with E-state index in [9.17, 15) is 9.59 Å². The van der Waals surface area contributed by atoms with E-state index in [2.05, 4.69) is 9.97 Å². The Hall–Kier alpha value is -2.18. The van der Waals surface area contributed by atoms with Crippen LogP contribution in [0.15, 0.2) is 5.03 Å². The first-order valence-electron chi connectivity index (χ1n) is 8.43. The topological polar surface area (TPSA) is 96.2 Å². The van der Waals surface area contributed by atoms with E-state index in [4.69, 9.17) is 10.00 Å². The quantitative estimate of drug-likeness (QED) is 0.396. The number of aryl methyl sites for hydroxylation is 3. The van der Waals surface area contributed by atoms with Crippen molar-refractivity contribution in [2.24, 2.45) is 0 Å². The number of carbonyl (C=O) groups is 2. The first-order valence-corrected chi connectivity index (χ1v) is 10.2. The van der Waals surface area contributed by atoms with Crippen molar-refractivity contribution >= 4 is 45.2 Å². The summed E-state index contributed by atoms with van der Waals surface area (Å²) in [6.07, 6.45) is -0.652. The number of rotatable bonds is 7. The maximum Gasteiger partial charge on any atom is 0.317 e. The van der Waals surface area contributed by atoms with Crippen LogP contribution in [0, 0.1) is 32.1 Å². The normalized spacial score (nSPS) is 11.9. The molecule has 0 aromatic carbocycles. The number of hydrogen-bond acceptors (Lipinski definition) is 8. The Morgan fingerprint density at radius 1 is 1.33 bits per heavy atom. The van der Waals surface area contributed by atoms with Crippen LogP contribution in [0.5, 0.6) is 0 Å². The fourth-order valence-corrected chi connectivity index (χ4v) is 4.52. The van der Waals surface area contributed by atoms with Crippen molar-refractivity contribution in [2.75, 3.05) is 19.3 Å². The van der Waals surface area contributed by atoms with Crippen LogP contribution in [0.1, 0.15) is 29.6 Å². The molecule has 2 heterocycles. The third-order valence-electron chi connectivity index (χ3n) is 4.03. The smallest absolute Gasteiger partial charge is 0.317 e. The second-order valence-electron chi connectivity index (χ2n) is 6.13. The van der Waals surface area contributed by atoms with Crippen molar-refractivity contribution in [1.29, 1.82) is 5.26 Å². The first kappa shape index (κ1) is 21.1. The average Bonchev–Trinajstić information content (AvgIpc) is 2.90. The van der Waals surface area contributed by atoms with Gasteiger partial charge in [0.25, 0.3) is 5.91 Å². The minimum atomic E-state index is -0.890. The molecule has 0 N–H and O–H groups in total. The molecule has 27 heavy (non-hydrogen) atoms. The highest BCUT2D eigenvalue weighted by atomic mass is 32.2. The number of likely N-dealkylation sites (N-methyl/N-ethyl adjacent to an activating group) is 1. The number of amides is 1. The van der Waals surface area contributed by atoms with Crippen molar-refractivity contribution in [3.63, 3.8) is 0 Å². The van der Waals surface area contributed by atoms with Gasteiger partial charge in [0.15, 0.2) is 6.10 Å². The van der Waals surface area contributed by atoms with Gasteiger partial charge in [-0.2, -0.15) is 5.26 Å². The summed E-state index contributed by atoms with van der Waals surface area (Å²) in [4.78, 5) is 36.7. The molecule has 2 aromatic rings. The molecule has 0 radical (unpaired) electrons. The van der Waals surface area contributed by atoms with Crippen molar-refractivity contribution in [1.82, 2.24) is 14.9 Å². The summed E-state index contributed by atoms with van der Waals surface area (Å²) in [7, 11) is 1.58. The Morgan fingerprint density at radius 2 is 2.04 bits per heavy atom. The molecule has 1 amide bonds. The molecular formula is C18H22N4O3S2. The van der Waals surface area contributed by atoms with Gasteiger partial charge in [-0.3, -0.25) is 9.59 Å². The lowest BCUT2D eigenvalue weighted by molar-refractivity contribution is -0.156. The molecule has 2 aromatic heterocycles. The zero-order valence-corrected chi connectivity index (χ0v) is 17.7. The molecular weight excluding hydrogens is 384 g/mol. The van der Waals surface area contributed by atoms with E-state index in [1.165, 1.54) is 28.5 Å². The van der Waals surface area contributed by atoms with Gasteiger partial charge in [0.1, 0.15) is 15.7 Å². The summed E-state index contributed by atoms with van der Waals surface area (Å²) in [6, 6.07) is 1.98. The molecule has 7 nitrogen and oxygen atoms in total. The van der Waals surface area contributed by atoms with E-state index < -0.39 is 12.1 Å². The summed E-state index contributed by atoms with van der Waals surface area (Å²) >= 11 is 2.90. The first-order chi connectivity index (χ1) is 12.7. The van der Waals surface area contributed by atoms with E-state index in [1.807, 2.05) is 26.8 Å². The highest BCUT2D eigenvalue weighted by molar-refractivity contribution is 8.00. The van der Waals surface area contributed by atoms with Gasteiger partial charge in [0, 0.05) is 23.9 Å². The largest absolute Gasteiger partial charge is 0.452 e. The van der Waals surface area contributed by atoms with Gasteiger partial charge in [-0.15, -0.1) is 11.3 Å². The van der Waals surface area contributed by atoms with Gasteiger partial charge in [-0.05, 0) is 33.3 Å². The van der Waals surface area contributed by atoms with Crippen LogP contribution in [0.25, 0.3) is 10.2 Å². The number of thioether (sulfide) groups is 1. The molecule has 0 aliphatic heterocycles. The molecule has 0 fully saturated rings.